The second-order valence-electron chi connectivity index (χ2n) is 13.6. The van der Waals surface area contributed by atoms with Crippen molar-refractivity contribution >= 4 is 33.2 Å². The number of hydrogen-bond acceptors (Lipinski definition) is 9. The van der Waals surface area contributed by atoms with Crippen molar-refractivity contribution in [1.82, 2.24) is 14.6 Å². The number of carbonyl (C=O) groups excluding carboxylic acids is 1. The van der Waals surface area contributed by atoms with Gasteiger partial charge in [0, 0.05) is 36.8 Å². The molecule has 0 radical (unpaired) electrons. The lowest BCUT2D eigenvalue weighted by Gasteiger charge is -2.31. The number of aliphatic imine (C=N–C) groups is 1. The van der Waals surface area contributed by atoms with E-state index in [1.165, 1.54) is 16.4 Å². The van der Waals surface area contributed by atoms with Crippen molar-refractivity contribution < 1.29 is 37.6 Å². The lowest BCUT2D eigenvalue weighted by molar-refractivity contribution is -0.0907. The lowest BCUT2D eigenvalue weighted by atomic mass is 10.0. The number of alkyl carbamates (subject to hydrolysis) is 1. The summed E-state index contributed by atoms with van der Waals surface area (Å²) in [5.74, 6) is -0.242. The molecule has 5 unspecified atom stereocenters. The average molecular weight is 719 g/mol. The van der Waals surface area contributed by atoms with E-state index in [4.69, 9.17) is 14.2 Å². The minimum absolute atomic E-state index is 0.00216. The zero-order valence-electron chi connectivity index (χ0n) is 28.9. The van der Waals surface area contributed by atoms with E-state index in [-0.39, 0.29) is 55.0 Å². The lowest BCUT2D eigenvalue weighted by Crippen LogP contribution is -2.51. The number of nitrogens with zero attached hydrogens (tertiary/aromatic N) is 2. The van der Waals surface area contributed by atoms with Gasteiger partial charge in [-0.05, 0) is 54.5 Å². The van der Waals surface area contributed by atoms with Gasteiger partial charge in [-0.2, -0.15) is 4.31 Å². The van der Waals surface area contributed by atoms with E-state index in [0.717, 1.165) is 24.0 Å². The van der Waals surface area contributed by atoms with Crippen LogP contribution in [0.15, 0.2) is 88.8 Å². The summed E-state index contributed by atoms with van der Waals surface area (Å²) in [6, 6.07) is 23.0. The largest absolute Gasteiger partial charge is 0.494 e. The van der Waals surface area contributed by atoms with Crippen LogP contribution in [-0.4, -0.2) is 97.6 Å². The monoisotopic (exact) mass is 718 g/mol. The van der Waals surface area contributed by atoms with E-state index in [1.54, 1.807) is 12.3 Å². The van der Waals surface area contributed by atoms with Crippen LogP contribution in [0.3, 0.4) is 0 Å². The van der Waals surface area contributed by atoms with Crippen molar-refractivity contribution in [2.45, 2.75) is 62.5 Å². The Morgan fingerprint density at radius 3 is 2.51 bits per heavy atom. The Bertz CT molecular complexity index is 1900. The highest BCUT2D eigenvalue weighted by Crippen LogP contribution is 2.33. The number of nitrogens with one attached hydrogen (secondary N) is 2. The second-order valence-corrected chi connectivity index (χ2v) is 15.5. The first-order chi connectivity index (χ1) is 24.6. The average Bonchev–Trinajstić information content (AvgIpc) is 3.82. The van der Waals surface area contributed by atoms with Gasteiger partial charge in [-0.25, -0.2) is 13.2 Å². The molecule has 5 atom stereocenters. The smallest absolute Gasteiger partial charge is 0.407 e. The van der Waals surface area contributed by atoms with E-state index in [2.05, 4.69) is 15.3 Å². The summed E-state index contributed by atoms with van der Waals surface area (Å²) in [5, 5.41) is 25.7. The van der Waals surface area contributed by atoms with Gasteiger partial charge in [0.25, 0.3) is 0 Å². The molecule has 4 aromatic rings. The van der Waals surface area contributed by atoms with Crippen LogP contribution in [0.2, 0.25) is 0 Å². The second kappa shape index (κ2) is 16.4. The molecule has 4 N–H and O–H groups in total. The van der Waals surface area contributed by atoms with Crippen LogP contribution >= 0.6 is 0 Å². The van der Waals surface area contributed by atoms with Gasteiger partial charge in [-0.3, -0.25) is 4.99 Å². The first-order valence-corrected chi connectivity index (χ1v) is 18.8. The molecule has 2 aliphatic heterocycles. The number of aromatic amines is 1. The molecule has 3 aromatic carbocycles. The predicted octanol–water partition coefficient (Wildman–Crippen LogP) is 4.64. The molecular formula is C38H46N4O8S. The van der Waals surface area contributed by atoms with Crippen LogP contribution in [0.5, 0.6) is 5.88 Å². The fourth-order valence-electron chi connectivity index (χ4n) is 6.65. The molecule has 272 valence electrons. The van der Waals surface area contributed by atoms with Gasteiger partial charge in [-0.15, -0.1) is 0 Å². The first kappa shape index (κ1) is 36.5. The zero-order valence-corrected chi connectivity index (χ0v) is 29.7. The summed E-state index contributed by atoms with van der Waals surface area (Å²) in [5.41, 5.74) is 2.93. The molecule has 13 heteroatoms. The maximum absolute atomic E-state index is 14.3. The SMILES string of the molecule is CC(C)CN(CC(O)C(Cc1ccccc1)NC(=O)OC1COC2OCCC12)S(=O)(=O)c1ccc2[nH]c(O)c(C=NCCc3ccccc3)c2c1. The van der Waals surface area contributed by atoms with Crippen LogP contribution in [-0.2, 0) is 37.1 Å². The summed E-state index contributed by atoms with van der Waals surface area (Å²) in [6.07, 6.45) is 0.357. The van der Waals surface area contributed by atoms with Gasteiger partial charge >= 0.3 is 6.09 Å². The van der Waals surface area contributed by atoms with Gasteiger partial charge < -0.3 is 34.7 Å². The third-order valence-corrected chi connectivity index (χ3v) is 11.1. The molecule has 6 rings (SSSR count). The molecule has 1 aromatic heterocycles. The number of aromatic nitrogens is 1. The topological polar surface area (TPSA) is 163 Å². The summed E-state index contributed by atoms with van der Waals surface area (Å²) >= 11 is 0. The number of benzene rings is 3. The Morgan fingerprint density at radius 1 is 1.06 bits per heavy atom. The van der Waals surface area contributed by atoms with Crippen LogP contribution in [0.25, 0.3) is 10.9 Å². The molecule has 0 saturated carbocycles. The number of rotatable bonds is 15. The fraction of sp³-hybridized carbons (Fsp3) is 0.421. The molecule has 51 heavy (non-hydrogen) atoms. The number of aromatic hydroxyl groups is 1. The number of carbonyl (C=O) groups is 1. The van der Waals surface area contributed by atoms with Crippen molar-refractivity contribution in [1.29, 1.82) is 0 Å². The van der Waals surface area contributed by atoms with Gasteiger partial charge in [-0.1, -0.05) is 74.5 Å². The number of H-pyrrole nitrogens is 1. The summed E-state index contributed by atoms with van der Waals surface area (Å²) < 4.78 is 46.7. The Hall–Kier alpha value is -4.27. The van der Waals surface area contributed by atoms with Gasteiger partial charge in [0.05, 0.1) is 41.7 Å². The van der Waals surface area contributed by atoms with Crippen molar-refractivity contribution in [2.24, 2.45) is 16.8 Å². The molecule has 2 saturated heterocycles. The quantitative estimate of drug-likeness (QED) is 0.129. The maximum atomic E-state index is 14.3. The molecule has 2 fully saturated rings. The molecule has 12 nitrogen and oxygen atoms in total. The van der Waals surface area contributed by atoms with E-state index in [9.17, 15) is 23.4 Å². The van der Waals surface area contributed by atoms with E-state index in [0.29, 0.717) is 29.6 Å². The van der Waals surface area contributed by atoms with Crippen molar-refractivity contribution in [2.75, 3.05) is 32.8 Å². The highest BCUT2D eigenvalue weighted by Gasteiger charge is 2.44. The van der Waals surface area contributed by atoms with E-state index in [1.807, 2.05) is 74.5 Å². The van der Waals surface area contributed by atoms with Crippen molar-refractivity contribution in [3.63, 3.8) is 0 Å². The number of fused-ring (bicyclic) bond motifs is 2. The highest BCUT2D eigenvalue weighted by molar-refractivity contribution is 7.89. The Kier molecular flexibility index (Phi) is 11.7. The van der Waals surface area contributed by atoms with Gasteiger partial charge in [0.15, 0.2) is 12.2 Å². The molecular weight excluding hydrogens is 673 g/mol. The van der Waals surface area contributed by atoms with Crippen LogP contribution < -0.4 is 5.32 Å². The van der Waals surface area contributed by atoms with Crippen LogP contribution in [0.4, 0.5) is 4.79 Å². The standard InChI is InChI=1S/C38H46N4O8S/c1-25(2)22-42(23-34(43)33(19-27-11-7-4-8-12-27)41-38(45)50-35-24-49-37-29(35)16-18-48-37)51(46,47)28-13-14-32-30(20-28)31(36(44)40-32)21-39-17-15-26-9-5-3-6-10-26/h3-14,20-21,25,29,33-35,37,40,43-44H,15-19,22-24H2,1-2H3,(H,41,45). The van der Waals surface area contributed by atoms with Crippen molar-refractivity contribution in [3.8, 4) is 5.88 Å². The molecule has 0 spiro atoms. The summed E-state index contributed by atoms with van der Waals surface area (Å²) in [7, 11) is -4.16. The number of amides is 1. The zero-order chi connectivity index (χ0) is 36.0. The van der Waals surface area contributed by atoms with Crippen LogP contribution in [0, 0.1) is 11.8 Å². The van der Waals surface area contributed by atoms with E-state index < -0.39 is 34.4 Å². The first-order valence-electron chi connectivity index (χ1n) is 17.4. The fourth-order valence-corrected chi connectivity index (χ4v) is 8.30. The van der Waals surface area contributed by atoms with E-state index >= 15 is 0 Å². The number of ether oxygens (including phenoxy) is 3. The molecule has 2 aliphatic rings. The Balaban J connectivity index is 1.21. The molecule has 0 aliphatic carbocycles. The highest BCUT2D eigenvalue weighted by atomic mass is 32.2. The van der Waals surface area contributed by atoms with Crippen molar-refractivity contribution in [3.05, 3.63) is 95.6 Å². The molecule has 3 heterocycles. The Morgan fingerprint density at radius 2 is 1.78 bits per heavy atom. The minimum atomic E-state index is -4.16. The Labute approximate surface area is 298 Å². The predicted molar refractivity (Wildman–Crippen MR) is 193 cm³/mol. The third kappa shape index (κ3) is 8.97. The molecule has 1 amide bonds. The third-order valence-electron chi connectivity index (χ3n) is 9.29. The molecule has 0 bridgehead atoms. The maximum Gasteiger partial charge on any atom is 0.407 e. The number of hydrogen-bond donors (Lipinski definition) is 4. The number of aliphatic hydroxyl groups excluding tert-OH is 1. The summed E-state index contributed by atoms with van der Waals surface area (Å²) in [6.45, 7) is 4.87. The summed E-state index contributed by atoms with van der Waals surface area (Å²) in [4.78, 5) is 20.6. The van der Waals surface area contributed by atoms with Gasteiger partial charge in [0.2, 0.25) is 10.0 Å². The van der Waals surface area contributed by atoms with Gasteiger partial charge in [0.1, 0.15) is 6.10 Å². The number of sulfonamides is 1. The normalized spacial score (nSPS) is 20.3. The van der Waals surface area contributed by atoms with Crippen LogP contribution in [0.1, 0.15) is 37.0 Å². The minimum Gasteiger partial charge on any atom is -0.494 e. The number of aliphatic hydroxyl groups is 1.